The number of halogens is 2. The van der Waals surface area contributed by atoms with Crippen LogP contribution in [0.5, 0.6) is 5.75 Å². The number of sulfonamides is 1. The fourth-order valence-electron chi connectivity index (χ4n) is 2.85. The molecule has 0 fully saturated rings. The van der Waals surface area contributed by atoms with E-state index in [2.05, 4.69) is 4.98 Å². The third kappa shape index (κ3) is 5.59. The maximum Gasteiger partial charge on any atom is 0.241 e. The van der Waals surface area contributed by atoms with Crippen LogP contribution in [-0.2, 0) is 16.4 Å². The van der Waals surface area contributed by atoms with Crippen LogP contribution in [0.25, 0.3) is 11.1 Å². The maximum atomic E-state index is 14.3. The lowest BCUT2D eigenvalue weighted by Gasteiger charge is -2.13. The van der Waals surface area contributed by atoms with Gasteiger partial charge in [0.05, 0.1) is 6.10 Å². The van der Waals surface area contributed by atoms with Crippen LogP contribution < -0.4 is 9.88 Å². The van der Waals surface area contributed by atoms with Gasteiger partial charge in [0.25, 0.3) is 0 Å². The fraction of sp³-hybridized carbons (Fsp3) is 0.190. The van der Waals surface area contributed by atoms with E-state index in [9.17, 15) is 22.3 Å². The van der Waals surface area contributed by atoms with Gasteiger partial charge in [0.1, 0.15) is 28.9 Å². The zero-order valence-corrected chi connectivity index (χ0v) is 16.6. The number of aliphatic hydroxyl groups excluding tert-OH is 1. The molecule has 1 heterocycles. The Morgan fingerprint density at radius 3 is 2.47 bits per heavy atom. The van der Waals surface area contributed by atoms with Gasteiger partial charge in [0, 0.05) is 18.0 Å². The first-order chi connectivity index (χ1) is 14.2. The summed E-state index contributed by atoms with van der Waals surface area (Å²) in [6.45, 7) is 0.0751. The highest BCUT2D eigenvalue weighted by atomic mass is 32.2. The molecule has 2 aromatic carbocycles. The second kappa shape index (κ2) is 9.29. The topological polar surface area (TPSA) is 103 Å². The van der Waals surface area contributed by atoms with Crippen molar-refractivity contribution in [3.8, 4) is 16.9 Å². The number of hydrogen-bond acceptors (Lipinski definition) is 5. The van der Waals surface area contributed by atoms with Crippen molar-refractivity contribution in [1.82, 2.24) is 4.98 Å². The Kier molecular flexibility index (Phi) is 6.76. The first-order valence-electron chi connectivity index (χ1n) is 9.06. The molecule has 30 heavy (non-hydrogen) atoms. The van der Waals surface area contributed by atoms with E-state index >= 15 is 0 Å². The molecule has 158 valence electrons. The average molecular weight is 434 g/mol. The highest BCUT2D eigenvalue weighted by Gasteiger charge is 2.19. The van der Waals surface area contributed by atoms with Crippen molar-refractivity contribution in [2.24, 2.45) is 5.14 Å². The van der Waals surface area contributed by atoms with Crippen LogP contribution >= 0.6 is 0 Å². The van der Waals surface area contributed by atoms with Crippen LogP contribution in [0.15, 0.2) is 65.8 Å². The van der Waals surface area contributed by atoms with Gasteiger partial charge in [0.15, 0.2) is 0 Å². The molecule has 1 aromatic heterocycles. The number of benzene rings is 2. The third-order valence-electron chi connectivity index (χ3n) is 4.42. The second-order valence-corrected chi connectivity index (χ2v) is 8.23. The smallest absolute Gasteiger partial charge is 0.241 e. The molecule has 0 saturated carbocycles. The van der Waals surface area contributed by atoms with Crippen LogP contribution in [0.3, 0.4) is 0 Å². The maximum absolute atomic E-state index is 14.3. The van der Waals surface area contributed by atoms with Crippen LogP contribution in [0.2, 0.25) is 0 Å². The van der Waals surface area contributed by atoms with Crippen molar-refractivity contribution >= 4 is 10.0 Å². The number of pyridine rings is 1. The van der Waals surface area contributed by atoms with Gasteiger partial charge in [-0.25, -0.2) is 22.3 Å². The highest BCUT2D eigenvalue weighted by Crippen LogP contribution is 2.28. The summed E-state index contributed by atoms with van der Waals surface area (Å²) in [6.07, 6.45) is 3.91. The SMILES string of the molecule is NS(=O)(=O)c1cc(F)c(-c2ccc(OC[C@H](O)CCc3cccnc3)cc2)cc1F. The molecule has 0 amide bonds. The number of hydrogen-bond donors (Lipinski definition) is 2. The largest absolute Gasteiger partial charge is 0.491 e. The van der Waals surface area contributed by atoms with Gasteiger partial charge in [-0.05, 0) is 54.3 Å². The summed E-state index contributed by atoms with van der Waals surface area (Å²) in [5, 5.41) is 14.9. The minimum Gasteiger partial charge on any atom is -0.491 e. The molecule has 0 unspecified atom stereocenters. The Morgan fingerprint density at radius 2 is 1.83 bits per heavy atom. The second-order valence-electron chi connectivity index (χ2n) is 6.70. The first kappa shape index (κ1) is 21.8. The summed E-state index contributed by atoms with van der Waals surface area (Å²) in [5.74, 6) is -1.60. The number of aliphatic hydroxyl groups is 1. The monoisotopic (exact) mass is 434 g/mol. The molecular weight excluding hydrogens is 414 g/mol. The number of primary sulfonamides is 1. The van der Waals surface area contributed by atoms with E-state index in [-0.39, 0.29) is 12.2 Å². The van der Waals surface area contributed by atoms with E-state index in [0.29, 0.717) is 30.2 Å². The third-order valence-corrected chi connectivity index (χ3v) is 5.35. The van der Waals surface area contributed by atoms with E-state index in [1.54, 1.807) is 24.5 Å². The zero-order valence-electron chi connectivity index (χ0n) is 15.8. The Hall–Kier alpha value is -2.88. The molecular formula is C21H20F2N2O4S. The highest BCUT2D eigenvalue weighted by molar-refractivity contribution is 7.89. The van der Waals surface area contributed by atoms with Gasteiger partial charge < -0.3 is 9.84 Å². The summed E-state index contributed by atoms with van der Waals surface area (Å²) < 4.78 is 56.4. The normalized spacial score (nSPS) is 12.5. The van der Waals surface area contributed by atoms with E-state index in [0.717, 1.165) is 11.6 Å². The lowest BCUT2D eigenvalue weighted by atomic mass is 10.0. The molecule has 0 aliphatic carbocycles. The van der Waals surface area contributed by atoms with E-state index < -0.39 is 32.7 Å². The Bertz CT molecular complexity index is 1110. The molecule has 0 aliphatic heterocycles. The predicted molar refractivity (Wildman–Crippen MR) is 107 cm³/mol. The summed E-state index contributed by atoms with van der Waals surface area (Å²) in [4.78, 5) is 3.12. The summed E-state index contributed by atoms with van der Waals surface area (Å²) in [5.41, 5.74) is 1.24. The molecule has 3 aromatic rings. The van der Waals surface area contributed by atoms with E-state index in [1.165, 1.54) is 12.1 Å². The number of aryl methyl sites for hydroxylation is 1. The molecule has 0 bridgehead atoms. The van der Waals surface area contributed by atoms with Crippen molar-refractivity contribution in [1.29, 1.82) is 0 Å². The Labute approximate surface area is 173 Å². The molecule has 3 rings (SSSR count). The number of aromatic nitrogens is 1. The standard InChI is InChI=1S/C21H20F2N2O4S/c22-19-11-21(30(24,27)28)20(23)10-18(19)15-4-7-17(8-5-15)29-13-16(26)6-3-14-2-1-9-25-12-14/h1-2,4-5,7-12,16,26H,3,6,13H2,(H2,24,27,28)/t16-/m1/s1. The van der Waals surface area contributed by atoms with E-state index in [4.69, 9.17) is 9.88 Å². The van der Waals surface area contributed by atoms with Crippen molar-refractivity contribution in [2.75, 3.05) is 6.61 Å². The number of nitrogens with two attached hydrogens (primary N) is 1. The molecule has 0 spiro atoms. The average Bonchev–Trinajstić information content (AvgIpc) is 2.72. The van der Waals surface area contributed by atoms with Crippen LogP contribution in [0, 0.1) is 11.6 Å². The number of nitrogens with zero attached hydrogens (tertiary/aromatic N) is 1. The molecule has 1 atom stereocenters. The minimum atomic E-state index is -4.36. The molecule has 3 N–H and O–H groups in total. The molecule has 6 nitrogen and oxygen atoms in total. The number of rotatable bonds is 8. The van der Waals surface area contributed by atoms with Gasteiger partial charge in [-0.3, -0.25) is 4.98 Å². The molecule has 0 saturated heterocycles. The minimum absolute atomic E-state index is 0.0751. The molecule has 0 aliphatic rings. The quantitative estimate of drug-likeness (QED) is 0.567. The Balaban J connectivity index is 1.62. The predicted octanol–water partition coefficient (Wildman–Crippen LogP) is 3.05. The summed E-state index contributed by atoms with van der Waals surface area (Å²) in [7, 11) is -4.36. The van der Waals surface area contributed by atoms with Crippen molar-refractivity contribution in [2.45, 2.75) is 23.8 Å². The van der Waals surface area contributed by atoms with Crippen LogP contribution in [0.4, 0.5) is 8.78 Å². The Morgan fingerprint density at radius 1 is 1.10 bits per heavy atom. The first-order valence-corrected chi connectivity index (χ1v) is 10.6. The van der Waals surface area contributed by atoms with Gasteiger partial charge in [-0.2, -0.15) is 0 Å². The fourth-order valence-corrected chi connectivity index (χ4v) is 3.45. The van der Waals surface area contributed by atoms with Gasteiger partial charge in [-0.1, -0.05) is 18.2 Å². The lowest BCUT2D eigenvalue weighted by Crippen LogP contribution is -2.18. The summed E-state index contributed by atoms with van der Waals surface area (Å²) in [6, 6.07) is 11.2. The number of ether oxygens (including phenoxy) is 1. The summed E-state index contributed by atoms with van der Waals surface area (Å²) >= 11 is 0. The van der Waals surface area contributed by atoms with Crippen molar-refractivity contribution in [3.05, 3.63) is 78.1 Å². The van der Waals surface area contributed by atoms with Crippen molar-refractivity contribution < 1.29 is 27.0 Å². The van der Waals surface area contributed by atoms with Gasteiger partial charge in [0.2, 0.25) is 10.0 Å². The zero-order chi connectivity index (χ0) is 21.7. The van der Waals surface area contributed by atoms with Gasteiger partial charge >= 0.3 is 0 Å². The molecule has 0 radical (unpaired) electrons. The van der Waals surface area contributed by atoms with E-state index in [1.807, 2.05) is 12.1 Å². The lowest BCUT2D eigenvalue weighted by molar-refractivity contribution is 0.100. The van der Waals surface area contributed by atoms with Gasteiger partial charge in [-0.15, -0.1) is 0 Å². The molecule has 9 heteroatoms. The van der Waals surface area contributed by atoms with Crippen LogP contribution in [-0.4, -0.2) is 31.2 Å². The van der Waals surface area contributed by atoms with Crippen molar-refractivity contribution in [3.63, 3.8) is 0 Å². The van der Waals surface area contributed by atoms with Crippen LogP contribution in [0.1, 0.15) is 12.0 Å².